The van der Waals surface area contributed by atoms with E-state index < -0.39 is 14.5 Å². The zero-order valence-electron chi connectivity index (χ0n) is 8.27. The van der Waals surface area contributed by atoms with E-state index in [-0.39, 0.29) is 6.61 Å². The van der Waals surface area contributed by atoms with E-state index >= 15 is 0 Å². The Hall–Kier alpha value is 0.238. The van der Waals surface area contributed by atoms with Crippen molar-refractivity contribution in [3.63, 3.8) is 0 Å². The van der Waals surface area contributed by atoms with E-state index in [9.17, 15) is 3.74 Å². The summed E-state index contributed by atoms with van der Waals surface area (Å²) in [6, 6.07) is 0. The Kier molecular flexibility index (Phi) is 6.78. The summed E-state index contributed by atoms with van der Waals surface area (Å²) < 4.78 is 31.5. The second kappa shape index (κ2) is 6.66. The van der Waals surface area contributed by atoms with Gasteiger partial charge in [-0.2, -0.15) is 0 Å². The Balaban J connectivity index is 3.14. The fourth-order valence-electron chi connectivity index (χ4n) is 1.01. The van der Waals surface area contributed by atoms with Crippen LogP contribution in [0.25, 0.3) is 0 Å². The molecule has 0 rings (SSSR count). The maximum atomic E-state index is 10.3. The zero-order chi connectivity index (χ0) is 10.3. The van der Waals surface area contributed by atoms with Gasteiger partial charge in [0.1, 0.15) is 0 Å². The van der Waals surface area contributed by atoms with Crippen LogP contribution in [0.4, 0.5) is 0 Å². The Morgan fingerprint density at radius 2 is 1.85 bits per heavy atom. The summed E-state index contributed by atoms with van der Waals surface area (Å²) in [7, 11) is 0. The second-order valence-electron chi connectivity index (χ2n) is 3.57. The average molecular weight is 254 g/mol. The number of unbranched alkanes of at least 4 members (excludes halogenated alkanes) is 2. The van der Waals surface area contributed by atoms with E-state index in [2.05, 4.69) is 17.6 Å². The summed E-state index contributed by atoms with van der Waals surface area (Å²) in [6.07, 6.45) is 3.99. The molecule has 0 radical (unpaired) electrons. The van der Waals surface area contributed by atoms with Crippen molar-refractivity contribution in [1.29, 1.82) is 0 Å². The molecule has 0 saturated carbocycles. The molecule has 0 aliphatic heterocycles. The van der Waals surface area contributed by atoms with Crippen LogP contribution in [0.2, 0.25) is 0 Å². The van der Waals surface area contributed by atoms with Crippen molar-refractivity contribution >= 4 is 14.5 Å². The molecule has 4 nitrogen and oxygen atoms in total. The van der Waals surface area contributed by atoms with Gasteiger partial charge in [-0.1, -0.05) is 0 Å². The molecule has 0 bridgehead atoms. The van der Waals surface area contributed by atoms with Gasteiger partial charge in [-0.3, -0.25) is 0 Å². The first-order valence-corrected chi connectivity index (χ1v) is 7.83. The molecule has 0 heterocycles. The summed E-state index contributed by atoms with van der Waals surface area (Å²) in [5.74, 6) is 0.701. The van der Waals surface area contributed by atoms with Crippen molar-refractivity contribution in [3.8, 4) is 0 Å². The molecule has 0 amide bonds. The zero-order valence-corrected chi connectivity index (χ0v) is 10.1. The molecule has 0 atom stereocenters. The third-order valence-corrected chi connectivity index (χ3v) is 2.77. The third kappa shape index (κ3) is 12.2. The molecule has 0 aromatic carbocycles. The molecule has 0 spiro atoms. The average Bonchev–Trinajstić information content (AvgIpc) is 1.93. The Morgan fingerprint density at radius 1 is 1.23 bits per heavy atom. The Morgan fingerprint density at radius 3 is 2.31 bits per heavy atom. The molecular formula is C8H19AsO4. The van der Waals surface area contributed by atoms with Crippen molar-refractivity contribution < 1.29 is 15.7 Å². The van der Waals surface area contributed by atoms with Crippen molar-refractivity contribution in [2.75, 3.05) is 6.61 Å². The van der Waals surface area contributed by atoms with Crippen LogP contribution in [0.3, 0.4) is 0 Å². The van der Waals surface area contributed by atoms with Crippen molar-refractivity contribution in [1.82, 2.24) is 0 Å². The van der Waals surface area contributed by atoms with Crippen LogP contribution in [0.1, 0.15) is 39.5 Å². The summed E-state index contributed by atoms with van der Waals surface area (Å²) in [5, 5.41) is 0. The molecular weight excluding hydrogens is 235 g/mol. The predicted octanol–water partition coefficient (Wildman–Crippen LogP) is 1.07. The minimum atomic E-state index is -4.79. The van der Waals surface area contributed by atoms with Gasteiger partial charge in [-0.25, -0.2) is 0 Å². The van der Waals surface area contributed by atoms with Crippen molar-refractivity contribution in [2.24, 2.45) is 5.92 Å². The normalized spacial score (nSPS) is 12.4. The molecule has 0 aliphatic carbocycles. The molecule has 0 unspecified atom stereocenters. The number of hydrogen-bond acceptors (Lipinski definition) is 2. The topological polar surface area (TPSA) is 66.8 Å². The number of hydrogen-bond donors (Lipinski definition) is 2. The standard InChI is InChI=1S/C8H19AsO4/c1-8(2)6-4-3-5-7-13-9(10,11)12/h8H,3-7H2,1-2H3,(H2,10,11,12). The van der Waals surface area contributed by atoms with Gasteiger partial charge in [0.2, 0.25) is 0 Å². The number of rotatable bonds is 7. The Labute approximate surface area is 82.6 Å². The van der Waals surface area contributed by atoms with Gasteiger partial charge in [-0.15, -0.1) is 0 Å². The summed E-state index contributed by atoms with van der Waals surface area (Å²) >= 11 is -4.79. The Bertz CT molecular complexity index is 164. The molecule has 5 heteroatoms. The van der Waals surface area contributed by atoms with Crippen LogP contribution in [0, 0.1) is 5.92 Å². The van der Waals surface area contributed by atoms with E-state index in [0.29, 0.717) is 5.92 Å². The monoisotopic (exact) mass is 254 g/mol. The molecule has 0 fully saturated rings. The van der Waals surface area contributed by atoms with E-state index in [1.54, 1.807) is 0 Å². The first kappa shape index (κ1) is 13.2. The van der Waals surface area contributed by atoms with Crippen LogP contribution < -0.4 is 0 Å². The van der Waals surface area contributed by atoms with Gasteiger partial charge < -0.3 is 0 Å². The van der Waals surface area contributed by atoms with Crippen LogP contribution >= 0.6 is 0 Å². The molecule has 0 saturated heterocycles. The van der Waals surface area contributed by atoms with Gasteiger partial charge in [0.25, 0.3) is 0 Å². The van der Waals surface area contributed by atoms with E-state index in [4.69, 9.17) is 8.19 Å². The van der Waals surface area contributed by atoms with Crippen LogP contribution in [0.5, 0.6) is 0 Å². The van der Waals surface area contributed by atoms with Gasteiger partial charge in [0, 0.05) is 0 Å². The summed E-state index contributed by atoms with van der Waals surface area (Å²) in [6.45, 7) is 4.51. The van der Waals surface area contributed by atoms with Gasteiger partial charge in [0.05, 0.1) is 0 Å². The summed E-state index contributed by atoms with van der Waals surface area (Å²) in [4.78, 5) is 0. The molecule has 0 aromatic heterocycles. The first-order valence-electron chi connectivity index (χ1n) is 4.62. The molecule has 80 valence electrons. The third-order valence-electron chi connectivity index (χ3n) is 1.69. The molecule has 13 heavy (non-hydrogen) atoms. The van der Waals surface area contributed by atoms with Gasteiger partial charge >= 0.3 is 82.2 Å². The van der Waals surface area contributed by atoms with Crippen LogP contribution in [-0.2, 0) is 7.47 Å². The summed E-state index contributed by atoms with van der Waals surface area (Å²) in [5.41, 5.74) is 0. The maximum absolute atomic E-state index is 10.3. The SMILES string of the molecule is CC(C)CCCCCO[As](=O)(O)O. The fraction of sp³-hybridized carbons (Fsp3) is 1.00. The van der Waals surface area contributed by atoms with E-state index in [1.807, 2.05) is 0 Å². The van der Waals surface area contributed by atoms with Crippen LogP contribution in [0.15, 0.2) is 0 Å². The second-order valence-corrected chi connectivity index (χ2v) is 6.17. The molecule has 0 aromatic rings. The first-order chi connectivity index (χ1) is 5.92. The van der Waals surface area contributed by atoms with Gasteiger partial charge in [-0.05, 0) is 0 Å². The van der Waals surface area contributed by atoms with Crippen molar-refractivity contribution in [3.05, 3.63) is 0 Å². The molecule has 2 N–H and O–H groups in total. The van der Waals surface area contributed by atoms with E-state index in [1.165, 1.54) is 6.42 Å². The minimum absolute atomic E-state index is 0.182. The molecule has 0 aliphatic rings. The predicted molar refractivity (Wildman–Crippen MR) is 50.1 cm³/mol. The quantitative estimate of drug-likeness (QED) is 0.527. The van der Waals surface area contributed by atoms with Crippen LogP contribution in [-0.4, -0.2) is 29.3 Å². The fourth-order valence-corrected chi connectivity index (χ4v) is 1.78. The van der Waals surface area contributed by atoms with Crippen molar-refractivity contribution in [2.45, 2.75) is 39.5 Å². The van der Waals surface area contributed by atoms with E-state index in [0.717, 1.165) is 19.3 Å². The van der Waals surface area contributed by atoms with Gasteiger partial charge in [0.15, 0.2) is 0 Å².